The van der Waals surface area contributed by atoms with E-state index in [1.165, 1.54) is 6.07 Å². The molecule has 0 saturated heterocycles. The van der Waals surface area contributed by atoms with Gasteiger partial charge in [-0.2, -0.15) is 13.2 Å². The Morgan fingerprint density at radius 1 is 1.33 bits per heavy atom. The molecule has 18 heavy (non-hydrogen) atoms. The van der Waals surface area contributed by atoms with Crippen LogP contribution in [0.25, 0.3) is 0 Å². The summed E-state index contributed by atoms with van der Waals surface area (Å²) in [4.78, 5) is 10.2. The van der Waals surface area contributed by atoms with Gasteiger partial charge >= 0.3 is 12.1 Å². The molecule has 1 rings (SSSR count). The number of rotatable bonds is 3. The number of aryl methyl sites for hydroxylation is 1. The van der Waals surface area contributed by atoms with Crippen LogP contribution in [0.5, 0.6) is 5.75 Å². The molecule has 0 aliphatic heterocycles. The van der Waals surface area contributed by atoms with Crippen molar-refractivity contribution in [3.63, 3.8) is 0 Å². The number of hydrogen-bond donors (Lipinski definition) is 1. The number of carboxylic acids is 1. The van der Waals surface area contributed by atoms with Crippen molar-refractivity contribution in [2.45, 2.75) is 26.9 Å². The van der Waals surface area contributed by atoms with Crippen molar-refractivity contribution in [3.8, 4) is 5.75 Å². The Hall–Kier alpha value is -1.72. The SMILES string of the molecule is CC.Cc1ccc(C(F)(F)F)c(OCC(=O)O)c1. The second-order valence-corrected chi connectivity index (χ2v) is 3.18. The zero-order valence-corrected chi connectivity index (χ0v) is 10.3. The molecule has 1 aromatic carbocycles. The van der Waals surface area contributed by atoms with Crippen molar-refractivity contribution in [3.05, 3.63) is 29.3 Å². The van der Waals surface area contributed by atoms with E-state index in [1.807, 2.05) is 13.8 Å². The second-order valence-electron chi connectivity index (χ2n) is 3.18. The van der Waals surface area contributed by atoms with Gasteiger partial charge < -0.3 is 9.84 Å². The van der Waals surface area contributed by atoms with Crippen LogP contribution in [0.2, 0.25) is 0 Å². The van der Waals surface area contributed by atoms with E-state index in [9.17, 15) is 18.0 Å². The summed E-state index contributed by atoms with van der Waals surface area (Å²) < 4.78 is 42.0. The van der Waals surface area contributed by atoms with Gasteiger partial charge in [-0.25, -0.2) is 4.79 Å². The second kappa shape index (κ2) is 6.88. The fourth-order valence-electron chi connectivity index (χ4n) is 1.12. The molecular formula is C12H15F3O3. The molecule has 0 spiro atoms. The summed E-state index contributed by atoms with van der Waals surface area (Å²) in [5, 5.41) is 8.33. The van der Waals surface area contributed by atoms with Gasteiger partial charge in [0, 0.05) is 0 Å². The fourth-order valence-corrected chi connectivity index (χ4v) is 1.12. The molecule has 0 heterocycles. The Labute approximate surface area is 103 Å². The molecule has 1 aromatic rings. The van der Waals surface area contributed by atoms with Crippen LogP contribution in [0.4, 0.5) is 13.2 Å². The molecule has 3 nitrogen and oxygen atoms in total. The topological polar surface area (TPSA) is 46.5 Å². The summed E-state index contributed by atoms with van der Waals surface area (Å²) in [6, 6.07) is 3.31. The molecule has 0 unspecified atom stereocenters. The van der Waals surface area contributed by atoms with Crippen molar-refractivity contribution in [1.29, 1.82) is 0 Å². The van der Waals surface area contributed by atoms with Gasteiger partial charge in [0.2, 0.25) is 0 Å². The van der Waals surface area contributed by atoms with E-state index in [0.717, 1.165) is 12.1 Å². The predicted molar refractivity (Wildman–Crippen MR) is 60.7 cm³/mol. The number of carbonyl (C=O) groups is 1. The number of alkyl halides is 3. The summed E-state index contributed by atoms with van der Waals surface area (Å²) >= 11 is 0. The highest BCUT2D eigenvalue weighted by Crippen LogP contribution is 2.36. The lowest BCUT2D eigenvalue weighted by Gasteiger charge is -2.13. The molecule has 0 amide bonds. The number of hydrogen-bond acceptors (Lipinski definition) is 2. The number of carboxylic acid groups (broad SMARTS) is 1. The van der Waals surface area contributed by atoms with Crippen LogP contribution < -0.4 is 4.74 Å². The Morgan fingerprint density at radius 3 is 2.33 bits per heavy atom. The Balaban J connectivity index is 0.00000137. The van der Waals surface area contributed by atoms with Gasteiger partial charge in [-0.1, -0.05) is 19.9 Å². The lowest BCUT2D eigenvalue weighted by atomic mass is 10.1. The Morgan fingerprint density at radius 2 is 1.89 bits per heavy atom. The first kappa shape index (κ1) is 16.3. The maximum absolute atomic E-state index is 12.5. The van der Waals surface area contributed by atoms with Gasteiger partial charge in [-0.05, 0) is 24.6 Å². The number of halogens is 3. The average molecular weight is 264 g/mol. The summed E-state index contributed by atoms with van der Waals surface area (Å²) in [7, 11) is 0. The van der Waals surface area contributed by atoms with Crippen LogP contribution in [0.3, 0.4) is 0 Å². The number of benzene rings is 1. The third-order valence-electron chi connectivity index (χ3n) is 1.79. The monoisotopic (exact) mass is 264 g/mol. The summed E-state index contributed by atoms with van der Waals surface area (Å²) in [5.74, 6) is -1.79. The maximum Gasteiger partial charge on any atom is 0.419 e. The van der Waals surface area contributed by atoms with Gasteiger partial charge in [-0.15, -0.1) is 0 Å². The zero-order chi connectivity index (χ0) is 14.3. The fraction of sp³-hybridized carbons (Fsp3) is 0.417. The van der Waals surface area contributed by atoms with Crippen LogP contribution in [0, 0.1) is 6.92 Å². The Kier molecular flexibility index (Phi) is 6.22. The molecule has 0 radical (unpaired) electrons. The minimum absolute atomic E-state index is 0.463. The van der Waals surface area contributed by atoms with Crippen molar-refractivity contribution in [2.75, 3.05) is 6.61 Å². The first-order chi connectivity index (χ1) is 8.30. The van der Waals surface area contributed by atoms with Crippen LogP contribution >= 0.6 is 0 Å². The summed E-state index contributed by atoms with van der Waals surface area (Å²) in [5.41, 5.74) is -0.410. The highest BCUT2D eigenvalue weighted by atomic mass is 19.4. The normalized spacial score (nSPS) is 10.3. The largest absolute Gasteiger partial charge is 0.481 e. The minimum atomic E-state index is -4.55. The highest BCUT2D eigenvalue weighted by molar-refractivity contribution is 5.68. The van der Waals surface area contributed by atoms with Crippen molar-refractivity contribution < 1.29 is 27.8 Å². The predicted octanol–water partition coefficient (Wildman–Crippen LogP) is 3.50. The van der Waals surface area contributed by atoms with E-state index in [4.69, 9.17) is 5.11 Å². The van der Waals surface area contributed by atoms with Crippen LogP contribution in [-0.2, 0) is 11.0 Å². The molecule has 1 N–H and O–H groups in total. The molecule has 0 fully saturated rings. The van der Waals surface area contributed by atoms with E-state index in [1.54, 1.807) is 6.92 Å². The molecule has 0 aliphatic rings. The molecule has 0 bridgehead atoms. The van der Waals surface area contributed by atoms with Crippen molar-refractivity contribution >= 4 is 5.97 Å². The molecule has 0 atom stereocenters. The van der Waals surface area contributed by atoms with Gasteiger partial charge in [0.15, 0.2) is 6.61 Å². The standard InChI is InChI=1S/C10H9F3O3.C2H6/c1-6-2-3-7(10(11,12)13)8(4-6)16-5-9(14)15;1-2/h2-4H,5H2,1H3,(H,14,15);1-2H3. The maximum atomic E-state index is 12.5. The van der Waals surface area contributed by atoms with E-state index in [2.05, 4.69) is 4.74 Å². The third-order valence-corrected chi connectivity index (χ3v) is 1.79. The smallest absolute Gasteiger partial charge is 0.419 e. The molecular weight excluding hydrogens is 249 g/mol. The van der Waals surface area contributed by atoms with Crippen LogP contribution in [0.1, 0.15) is 25.0 Å². The van der Waals surface area contributed by atoms with Crippen LogP contribution in [0.15, 0.2) is 18.2 Å². The summed E-state index contributed by atoms with van der Waals surface area (Å²) in [6.45, 7) is 4.79. The molecule has 6 heteroatoms. The quantitative estimate of drug-likeness (QED) is 0.908. The lowest BCUT2D eigenvalue weighted by molar-refractivity contribution is -0.143. The number of aliphatic carboxylic acids is 1. The number of ether oxygens (including phenoxy) is 1. The lowest BCUT2D eigenvalue weighted by Crippen LogP contribution is -2.14. The van der Waals surface area contributed by atoms with Gasteiger partial charge in [0.05, 0.1) is 5.56 Å². The molecule has 102 valence electrons. The molecule has 0 aromatic heterocycles. The molecule has 0 saturated carbocycles. The first-order valence-electron chi connectivity index (χ1n) is 5.33. The first-order valence-corrected chi connectivity index (χ1v) is 5.33. The minimum Gasteiger partial charge on any atom is -0.481 e. The summed E-state index contributed by atoms with van der Waals surface area (Å²) in [6.07, 6.45) is -4.55. The average Bonchev–Trinajstić information content (AvgIpc) is 2.27. The van der Waals surface area contributed by atoms with E-state index >= 15 is 0 Å². The van der Waals surface area contributed by atoms with Gasteiger partial charge in [0.25, 0.3) is 0 Å². The van der Waals surface area contributed by atoms with Crippen molar-refractivity contribution in [2.24, 2.45) is 0 Å². The zero-order valence-electron chi connectivity index (χ0n) is 10.3. The van der Waals surface area contributed by atoms with E-state index in [-0.39, 0.29) is 0 Å². The van der Waals surface area contributed by atoms with E-state index < -0.39 is 30.1 Å². The van der Waals surface area contributed by atoms with Gasteiger partial charge in [0.1, 0.15) is 5.75 Å². The highest BCUT2D eigenvalue weighted by Gasteiger charge is 2.34. The Bertz CT molecular complexity index is 400. The van der Waals surface area contributed by atoms with Crippen molar-refractivity contribution in [1.82, 2.24) is 0 Å². The van der Waals surface area contributed by atoms with Crippen LogP contribution in [-0.4, -0.2) is 17.7 Å². The molecule has 0 aliphatic carbocycles. The third kappa shape index (κ3) is 5.07. The van der Waals surface area contributed by atoms with E-state index in [0.29, 0.717) is 5.56 Å². The van der Waals surface area contributed by atoms with Gasteiger partial charge in [-0.3, -0.25) is 0 Å².